The van der Waals surface area contributed by atoms with Gasteiger partial charge in [-0.05, 0) is 53.8 Å². The van der Waals surface area contributed by atoms with Crippen LogP contribution >= 0.6 is 11.8 Å². The van der Waals surface area contributed by atoms with E-state index in [-0.39, 0.29) is 12.5 Å². The SMILES string of the molecule is CSc1ccc(CC(=O)N2CCC(Cc3ccc(CO)cc3)C2)cc1. The maximum absolute atomic E-state index is 12.5. The molecule has 132 valence electrons. The van der Waals surface area contributed by atoms with Crippen LogP contribution in [0.15, 0.2) is 53.4 Å². The van der Waals surface area contributed by atoms with E-state index >= 15 is 0 Å². The van der Waals surface area contributed by atoms with Gasteiger partial charge in [-0.15, -0.1) is 11.8 Å². The highest BCUT2D eigenvalue weighted by Crippen LogP contribution is 2.22. The standard InChI is InChI=1S/C21H25NO2S/c1-25-20-8-6-17(7-9-20)13-21(24)22-11-10-19(14-22)12-16-2-4-18(15-23)5-3-16/h2-9,19,23H,10-15H2,1H3. The van der Waals surface area contributed by atoms with Gasteiger partial charge in [-0.25, -0.2) is 0 Å². The Kier molecular flexibility index (Phi) is 6.16. The van der Waals surface area contributed by atoms with Crippen molar-refractivity contribution in [1.82, 2.24) is 4.90 Å². The lowest BCUT2D eigenvalue weighted by atomic mass is 9.98. The van der Waals surface area contributed by atoms with Crippen LogP contribution in [0.3, 0.4) is 0 Å². The zero-order valence-corrected chi connectivity index (χ0v) is 15.5. The van der Waals surface area contributed by atoms with Gasteiger partial charge >= 0.3 is 0 Å². The average molecular weight is 356 g/mol. The van der Waals surface area contributed by atoms with Crippen LogP contribution in [0.25, 0.3) is 0 Å². The minimum atomic E-state index is 0.0872. The number of benzene rings is 2. The normalized spacial score (nSPS) is 17.0. The summed E-state index contributed by atoms with van der Waals surface area (Å²) in [5, 5.41) is 9.11. The van der Waals surface area contributed by atoms with Gasteiger partial charge in [0.1, 0.15) is 0 Å². The van der Waals surface area contributed by atoms with Gasteiger partial charge in [0.15, 0.2) is 0 Å². The quantitative estimate of drug-likeness (QED) is 0.806. The first kappa shape index (κ1) is 18.0. The lowest BCUT2D eigenvalue weighted by Gasteiger charge is -2.17. The number of carbonyl (C=O) groups excluding carboxylic acids is 1. The van der Waals surface area contributed by atoms with Crippen LogP contribution in [0.5, 0.6) is 0 Å². The molecule has 1 atom stereocenters. The predicted molar refractivity (Wildman–Crippen MR) is 103 cm³/mol. The van der Waals surface area contributed by atoms with Crippen molar-refractivity contribution < 1.29 is 9.90 Å². The van der Waals surface area contributed by atoms with Gasteiger partial charge in [0.2, 0.25) is 5.91 Å². The molecule has 0 saturated carbocycles. The van der Waals surface area contributed by atoms with Gasteiger partial charge in [-0.1, -0.05) is 36.4 Å². The molecule has 1 aliphatic heterocycles. The summed E-state index contributed by atoms with van der Waals surface area (Å²) < 4.78 is 0. The minimum Gasteiger partial charge on any atom is -0.392 e. The first-order chi connectivity index (χ1) is 12.2. The number of hydrogen-bond donors (Lipinski definition) is 1. The molecule has 1 aliphatic rings. The van der Waals surface area contributed by atoms with Gasteiger partial charge in [0.25, 0.3) is 0 Å². The van der Waals surface area contributed by atoms with Crippen molar-refractivity contribution in [2.24, 2.45) is 5.92 Å². The molecule has 1 heterocycles. The van der Waals surface area contributed by atoms with E-state index in [4.69, 9.17) is 5.11 Å². The third kappa shape index (κ3) is 4.86. The highest BCUT2D eigenvalue weighted by Gasteiger charge is 2.26. The molecule has 0 aromatic heterocycles. The van der Waals surface area contributed by atoms with E-state index in [2.05, 4.69) is 42.7 Å². The van der Waals surface area contributed by atoms with Crippen LogP contribution in [0.1, 0.15) is 23.1 Å². The third-order valence-corrected chi connectivity index (χ3v) is 5.63. The molecule has 0 bridgehead atoms. The van der Waals surface area contributed by atoms with Crippen LogP contribution < -0.4 is 0 Å². The molecule has 1 N–H and O–H groups in total. The molecule has 1 fully saturated rings. The summed E-state index contributed by atoms with van der Waals surface area (Å²) >= 11 is 1.72. The molecule has 4 heteroatoms. The summed E-state index contributed by atoms with van der Waals surface area (Å²) in [5.41, 5.74) is 3.31. The molecule has 1 unspecified atom stereocenters. The highest BCUT2D eigenvalue weighted by atomic mass is 32.2. The van der Waals surface area contributed by atoms with Crippen LogP contribution in [-0.2, 0) is 24.2 Å². The largest absolute Gasteiger partial charge is 0.392 e. The van der Waals surface area contributed by atoms with Crippen LogP contribution in [0.2, 0.25) is 0 Å². The maximum Gasteiger partial charge on any atom is 0.226 e. The topological polar surface area (TPSA) is 40.5 Å². The van der Waals surface area contributed by atoms with Crippen molar-refractivity contribution in [2.75, 3.05) is 19.3 Å². The van der Waals surface area contributed by atoms with E-state index in [0.717, 1.165) is 37.1 Å². The van der Waals surface area contributed by atoms with Crippen molar-refractivity contribution in [2.45, 2.75) is 30.8 Å². The second-order valence-corrected chi connectivity index (χ2v) is 7.58. The van der Waals surface area contributed by atoms with Crippen molar-refractivity contribution in [1.29, 1.82) is 0 Å². The minimum absolute atomic E-state index is 0.0872. The van der Waals surface area contributed by atoms with Crippen molar-refractivity contribution in [3.8, 4) is 0 Å². The monoisotopic (exact) mass is 355 g/mol. The Morgan fingerprint density at radius 3 is 2.36 bits per heavy atom. The summed E-state index contributed by atoms with van der Waals surface area (Å²) in [6, 6.07) is 16.4. The summed E-state index contributed by atoms with van der Waals surface area (Å²) in [4.78, 5) is 15.8. The first-order valence-electron chi connectivity index (χ1n) is 8.77. The molecule has 3 nitrogen and oxygen atoms in total. The number of carbonyl (C=O) groups is 1. The molecule has 0 spiro atoms. The Morgan fingerprint density at radius 2 is 1.72 bits per heavy atom. The van der Waals surface area contributed by atoms with E-state index in [9.17, 15) is 4.79 Å². The molecule has 0 aliphatic carbocycles. The van der Waals surface area contributed by atoms with E-state index in [1.165, 1.54) is 10.5 Å². The van der Waals surface area contributed by atoms with E-state index in [1.54, 1.807) is 11.8 Å². The van der Waals surface area contributed by atoms with Gasteiger partial charge < -0.3 is 10.0 Å². The van der Waals surface area contributed by atoms with Gasteiger partial charge in [-0.3, -0.25) is 4.79 Å². The van der Waals surface area contributed by atoms with Crippen molar-refractivity contribution in [3.63, 3.8) is 0 Å². The Hall–Kier alpha value is -1.78. The van der Waals surface area contributed by atoms with Gasteiger partial charge in [0, 0.05) is 18.0 Å². The lowest BCUT2D eigenvalue weighted by Crippen LogP contribution is -2.30. The van der Waals surface area contributed by atoms with E-state index < -0.39 is 0 Å². The molecule has 2 aromatic carbocycles. The van der Waals surface area contributed by atoms with Crippen LogP contribution in [0, 0.1) is 5.92 Å². The second kappa shape index (κ2) is 8.54. The zero-order valence-electron chi connectivity index (χ0n) is 14.6. The number of likely N-dealkylation sites (tertiary alicyclic amines) is 1. The number of thioether (sulfide) groups is 1. The molecule has 1 amide bonds. The smallest absolute Gasteiger partial charge is 0.226 e. The lowest BCUT2D eigenvalue weighted by molar-refractivity contribution is -0.129. The van der Waals surface area contributed by atoms with Crippen LogP contribution in [-0.4, -0.2) is 35.3 Å². The Bertz CT molecular complexity index is 697. The Balaban J connectivity index is 1.51. The van der Waals surface area contributed by atoms with E-state index in [1.807, 2.05) is 17.0 Å². The third-order valence-electron chi connectivity index (χ3n) is 4.88. The number of amides is 1. The summed E-state index contributed by atoms with van der Waals surface area (Å²) in [5.74, 6) is 0.762. The first-order valence-corrected chi connectivity index (χ1v) is 10.00. The Morgan fingerprint density at radius 1 is 1.08 bits per heavy atom. The number of aliphatic hydroxyl groups is 1. The number of nitrogens with zero attached hydrogens (tertiary/aromatic N) is 1. The molecule has 2 aromatic rings. The number of rotatable bonds is 6. The number of hydrogen-bond acceptors (Lipinski definition) is 3. The Labute approximate surface area is 154 Å². The fourth-order valence-corrected chi connectivity index (χ4v) is 3.78. The zero-order chi connectivity index (χ0) is 17.6. The molecular formula is C21H25NO2S. The highest BCUT2D eigenvalue weighted by molar-refractivity contribution is 7.98. The summed E-state index contributed by atoms with van der Waals surface area (Å²) in [6.07, 6.45) is 4.62. The van der Waals surface area contributed by atoms with Crippen LogP contribution in [0.4, 0.5) is 0 Å². The van der Waals surface area contributed by atoms with E-state index in [0.29, 0.717) is 12.3 Å². The average Bonchev–Trinajstić information content (AvgIpc) is 3.12. The van der Waals surface area contributed by atoms with Crippen molar-refractivity contribution >= 4 is 17.7 Å². The summed E-state index contributed by atoms with van der Waals surface area (Å²) in [7, 11) is 0. The molecular weight excluding hydrogens is 330 g/mol. The molecule has 0 radical (unpaired) electrons. The summed E-state index contributed by atoms with van der Waals surface area (Å²) in [6.45, 7) is 1.80. The van der Waals surface area contributed by atoms with Gasteiger partial charge in [0.05, 0.1) is 13.0 Å². The fraction of sp³-hybridized carbons (Fsp3) is 0.381. The maximum atomic E-state index is 12.5. The second-order valence-electron chi connectivity index (χ2n) is 6.70. The fourth-order valence-electron chi connectivity index (χ4n) is 3.37. The van der Waals surface area contributed by atoms with Crippen molar-refractivity contribution in [3.05, 3.63) is 65.2 Å². The predicted octanol–water partition coefficient (Wildman–Crippen LogP) is 3.53. The molecule has 25 heavy (non-hydrogen) atoms. The molecule has 1 saturated heterocycles. The number of aliphatic hydroxyl groups excluding tert-OH is 1. The molecule has 3 rings (SSSR count). The van der Waals surface area contributed by atoms with Gasteiger partial charge in [-0.2, -0.15) is 0 Å².